The summed E-state index contributed by atoms with van der Waals surface area (Å²) in [6.45, 7) is 6.78. The number of anilines is 2. The number of pyridine rings is 2. The molecule has 2 N–H and O–H groups in total. The van der Waals surface area contributed by atoms with Crippen molar-refractivity contribution >= 4 is 55.9 Å². The van der Waals surface area contributed by atoms with E-state index in [1.807, 2.05) is 10.7 Å². The number of hydrogen-bond acceptors (Lipinski definition) is 6. The number of likely N-dealkylation sites (N-methyl/N-ethyl adjacent to an activating group) is 1. The number of aromatic nitrogens is 4. The highest BCUT2D eigenvalue weighted by atomic mass is 127. The topological polar surface area (TPSA) is 76.1 Å². The highest BCUT2D eigenvalue weighted by Crippen LogP contribution is 2.31. The van der Waals surface area contributed by atoms with Crippen molar-refractivity contribution in [3.8, 4) is 0 Å². The van der Waals surface area contributed by atoms with Gasteiger partial charge >= 0.3 is 0 Å². The normalized spacial score (nSPS) is 15.4. The van der Waals surface area contributed by atoms with Crippen molar-refractivity contribution in [3.05, 3.63) is 51.5 Å². The lowest BCUT2D eigenvalue weighted by Gasteiger charge is -2.34. The van der Waals surface area contributed by atoms with Crippen LogP contribution in [0, 0.1) is 10.6 Å². The van der Waals surface area contributed by atoms with E-state index in [1.165, 1.54) is 16.3 Å². The molecule has 0 spiro atoms. The van der Waals surface area contributed by atoms with Crippen molar-refractivity contribution in [2.24, 2.45) is 0 Å². The summed E-state index contributed by atoms with van der Waals surface area (Å²) in [5.74, 6) is 1.08. The molecule has 30 heavy (non-hydrogen) atoms. The fourth-order valence-electron chi connectivity index (χ4n) is 4.19. The monoisotopic (exact) mass is 513 g/mol. The van der Waals surface area contributed by atoms with E-state index in [9.17, 15) is 0 Å². The molecule has 154 valence electrons. The van der Waals surface area contributed by atoms with E-state index in [-0.39, 0.29) is 0 Å². The van der Waals surface area contributed by atoms with Crippen LogP contribution >= 0.6 is 22.6 Å². The van der Waals surface area contributed by atoms with Gasteiger partial charge in [0.25, 0.3) is 0 Å². The zero-order valence-electron chi connectivity index (χ0n) is 17.1. The third kappa shape index (κ3) is 3.37. The second kappa shape index (κ2) is 7.66. The van der Waals surface area contributed by atoms with E-state index in [0.717, 1.165) is 52.4 Å². The van der Waals surface area contributed by atoms with Crippen molar-refractivity contribution in [3.63, 3.8) is 0 Å². The lowest BCUT2D eigenvalue weighted by molar-refractivity contribution is 0.312. The minimum Gasteiger partial charge on any atom is -0.398 e. The quantitative estimate of drug-likeness (QED) is 0.424. The van der Waals surface area contributed by atoms with E-state index < -0.39 is 0 Å². The minimum atomic E-state index is 0.556. The number of benzene rings is 1. The summed E-state index contributed by atoms with van der Waals surface area (Å²) in [5, 5.41) is 8.07. The highest BCUT2D eigenvalue weighted by molar-refractivity contribution is 14.1. The molecule has 0 unspecified atom stereocenters. The number of halogens is 1. The van der Waals surface area contributed by atoms with Gasteiger partial charge in [-0.2, -0.15) is 5.10 Å². The lowest BCUT2D eigenvalue weighted by Crippen LogP contribution is -2.45. The van der Waals surface area contributed by atoms with Crippen molar-refractivity contribution in [1.82, 2.24) is 24.6 Å². The Kier molecular flexibility index (Phi) is 4.98. The molecule has 1 aliphatic rings. The fourth-order valence-corrected chi connectivity index (χ4v) is 5.00. The Morgan fingerprint density at radius 2 is 1.90 bits per heavy atom. The Bertz CT molecular complexity index is 1240. The molecule has 1 aromatic carbocycles. The van der Waals surface area contributed by atoms with Gasteiger partial charge in [0.1, 0.15) is 9.52 Å². The smallest absolute Gasteiger partial charge is 0.161 e. The summed E-state index contributed by atoms with van der Waals surface area (Å²) < 4.78 is 2.77. The maximum Gasteiger partial charge on any atom is 0.161 e. The maximum atomic E-state index is 6.16. The maximum absolute atomic E-state index is 6.16. The largest absolute Gasteiger partial charge is 0.398 e. The second-order valence-electron chi connectivity index (χ2n) is 7.95. The number of piperazine rings is 1. The molecule has 0 bridgehead atoms. The van der Waals surface area contributed by atoms with Crippen LogP contribution in [0.15, 0.2) is 36.5 Å². The summed E-state index contributed by atoms with van der Waals surface area (Å²) in [6.07, 6.45) is 1.73. The van der Waals surface area contributed by atoms with Crippen LogP contribution in [-0.4, -0.2) is 57.9 Å². The average molecular weight is 513 g/mol. The van der Waals surface area contributed by atoms with Gasteiger partial charge in [-0.3, -0.25) is 0 Å². The van der Waals surface area contributed by atoms with Crippen molar-refractivity contribution in [1.29, 1.82) is 0 Å². The van der Waals surface area contributed by atoms with Gasteiger partial charge in [0.15, 0.2) is 5.65 Å². The van der Waals surface area contributed by atoms with Gasteiger partial charge in [-0.25, -0.2) is 14.6 Å². The van der Waals surface area contributed by atoms with Crippen LogP contribution in [0.25, 0.3) is 21.8 Å². The van der Waals surface area contributed by atoms with Crippen molar-refractivity contribution in [2.45, 2.75) is 13.5 Å². The van der Waals surface area contributed by atoms with Crippen molar-refractivity contribution in [2.75, 3.05) is 43.9 Å². The first kappa shape index (κ1) is 19.5. The molecule has 0 amide bonds. The first-order valence-electron chi connectivity index (χ1n) is 10.1. The van der Waals surface area contributed by atoms with Gasteiger partial charge in [0, 0.05) is 43.4 Å². The van der Waals surface area contributed by atoms with Gasteiger partial charge in [-0.05, 0) is 59.6 Å². The average Bonchev–Trinajstić information content (AvgIpc) is 3.04. The van der Waals surface area contributed by atoms with E-state index in [4.69, 9.17) is 15.8 Å². The molecule has 7 nitrogen and oxygen atoms in total. The predicted octanol–water partition coefficient (Wildman–Crippen LogP) is 3.27. The molecule has 0 radical (unpaired) electrons. The third-order valence-corrected chi connectivity index (χ3v) is 6.59. The van der Waals surface area contributed by atoms with Gasteiger partial charge in [0.05, 0.1) is 17.6 Å². The van der Waals surface area contributed by atoms with Gasteiger partial charge in [0.2, 0.25) is 0 Å². The van der Waals surface area contributed by atoms with Crippen LogP contribution in [0.3, 0.4) is 0 Å². The lowest BCUT2D eigenvalue weighted by atomic mass is 10.0. The molecule has 0 saturated carbocycles. The standard InChI is InChI=1S/C22H24IN7/c1-14-4-3-5-15-12-16(26-22(18(14)15)29-10-8-28(2)9-11-29)13-30-21-19(20(23)27-30)17(24)6-7-25-21/h3-7,12H,8-11,13H2,1-2H3,(H2,24,25). The number of hydrogen-bond donors (Lipinski definition) is 1. The summed E-state index contributed by atoms with van der Waals surface area (Å²) in [6, 6.07) is 10.4. The summed E-state index contributed by atoms with van der Waals surface area (Å²) in [5.41, 5.74) is 9.90. The van der Waals surface area contributed by atoms with E-state index in [2.05, 4.69) is 75.6 Å². The van der Waals surface area contributed by atoms with Crippen LogP contribution in [0.4, 0.5) is 11.5 Å². The molecule has 8 heteroatoms. The number of fused-ring (bicyclic) bond motifs is 2. The number of rotatable bonds is 3. The molecule has 0 aliphatic carbocycles. The Labute approximate surface area is 189 Å². The molecular formula is C22H24IN7. The predicted molar refractivity (Wildman–Crippen MR) is 130 cm³/mol. The summed E-state index contributed by atoms with van der Waals surface area (Å²) in [7, 11) is 2.17. The van der Waals surface area contributed by atoms with Crippen LogP contribution in [0.2, 0.25) is 0 Å². The SMILES string of the molecule is Cc1cccc2cc(Cn3nc(I)c4c(N)ccnc43)nc(N3CCN(C)CC3)c12. The Morgan fingerprint density at radius 1 is 1.10 bits per heavy atom. The molecule has 0 atom stereocenters. The first-order chi connectivity index (χ1) is 14.5. The van der Waals surface area contributed by atoms with Gasteiger partial charge in [-0.15, -0.1) is 0 Å². The second-order valence-corrected chi connectivity index (χ2v) is 8.97. The number of nitrogens with two attached hydrogens (primary N) is 1. The summed E-state index contributed by atoms with van der Waals surface area (Å²) >= 11 is 2.22. The van der Waals surface area contributed by atoms with Gasteiger partial charge in [-0.1, -0.05) is 18.2 Å². The summed E-state index contributed by atoms with van der Waals surface area (Å²) in [4.78, 5) is 14.4. The van der Waals surface area contributed by atoms with Crippen LogP contribution in [0.5, 0.6) is 0 Å². The molecule has 3 aromatic heterocycles. The third-order valence-electron chi connectivity index (χ3n) is 5.84. The molecule has 1 saturated heterocycles. The van der Waals surface area contributed by atoms with Crippen LogP contribution in [-0.2, 0) is 6.54 Å². The van der Waals surface area contributed by atoms with Crippen LogP contribution < -0.4 is 10.6 Å². The molecule has 1 aliphatic heterocycles. The first-order valence-corrected chi connectivity index (χ1v) is 11.2. The number of nitrogens with zero attached hydrogens (tertiary/aromatic N) is 6. The van der Waals surface area contributed by atoms with E-state index in [0.29, 0.717) is 12.2 Å². The zero-order chi connectivity index (χ0) is 20.8. The van der Waals surface area contributed by atoms with E-state index >= 15 is 0 Å². The highest BCUT2D eigenvalue weighted by Gasteiger charge is 2.20. The van der Waals surface area contributed by atoms with E-state index in [1.54, 1.807) is 6.20 Å². The molecule has 1 fully saturated rings. The van der Waals surface area contributed by atoms with Gasteiger partial charge < -0.3 is 15.5 Å². The Morgan fingerprint density at radius 3 is 2.70 bits per heavy atom. The van der Waals surface area contributed by atoms with Crippen molar-refractivity contribution < 1.29 is 0 Å². The van der Waals surface area contributed by atoms with Crippen LogP contribution in [0.1, 0.15) is 11.3 Å². The minimum absolute atomic E-state index is 0.556. The Hall–Kier alpha value is -2.46. The fraction of sp³-hybridized carbons (Fsp3) is 0.318. The molecule has 4 aromatic rings. The molecule has 5 rings (SSSR count). The zero-order valence-corrected chi connectivity index (χ0v) is 19.3. The molecule has 4 heterocycles. The molecular weight excluding hydrogens is 489 g/mol. The Balaban J connectivity index is 1.61. The number of aryl methyl sites for hydroxylation is 1. The number of nitrogen functional groups attached to an aromatic ring is 1.